The van der Waals surface area contributed by atoms with Crippen LogP contribution in [0.3, 0.4) is 0 Å². The van der Waals surface area contributed by atoms with Gasteiger partial charge in [0.1, 0.15) is 0 Å². The summed E-state index contributed by atoms with van der Waals surface area (Å²) in [4.78, 5) is 20.0. The predicted molar refractivity (Wildman–Crippen MR) is 138 cm³/mol. The number of pyridine rings is 1. The molecule has 2 aromatic carbocycles. The van der Waals surface area contributed by atoms with E-state index in [2.05, 4.69) is 52.7 Å². The minimum atomic E-state index is -0.0849. The van der Waals surface area contributed by atoms with Crippen LogP contribution in [0.2, 0.25) is 0 Å². The third-order valence-electron chi connectivity index (χ3n) is 6.67. The van der Waals surface area contributed by atoms with Crippen LogP contribution in [-0.4, -0.2) is 35.6 Å². The minimum Gasteiger partial charge on any atom is -0.369 e. The quantitative estimate of drug-likeness (QED) is 0.415. The van der Waals surface area contributed by atoms with E-state index in [9.17, 15) is 4.79 Å². The Morgan fingerprint density at radius 3 is 2.48 bits per heavy atom. The van der Waals surface area contributed by atoms with Gasteiger partial charge in [-0.2, -0.15) is 0 Å². The Balaban J connectivity index is 1.63. The second-order valence-electron chi connectivity index (χ2n) is 8.73. The summed E-state index contributed by atoms with van der Waals surface area (Å²) >= 11 is 12.0. The number of aryl methyl sites for hydroxylation is 1. The van der Waals surface area contributed by atoms with Gasteiger partial charge < -0.3 is 10.2 Å². The van der Waals surface area contributed by atoms with Gasteiger partial charge in [0, 0.05) is 65.2 Å². The molecule has 0 saturated carbocycles. The van der Waals surface area contributed by atoms with Gasteiger partial charge >= 0.3 is 0 Å². The molecule has 1 aliphatic heterocycles. The van der Waals surface area contributed by atoms with E-state index in [0.29, 0.717) is 18.2 Å². The highest BCUT2D eigenvalue weighted by atomic mass is 35.5. The van der Waals surface area contributed by atoms with Crippen LogP contribution in [0.25, 0.3) is 10.9 Å². The summed E-state index contributed by atoms with van der Waals surface area (Å²) in [7, 11) is 0. The van der Waals surface area contributed by atoms with E-state index in [1.807, 2.05) is 13.0 Å². The van der Waals surface area contributed by atoms with E-state index in [1.54, 1.807) is 0 Å². The highest BCUT2D eigenvalue weighted by molar-refractivity contribution is 6.18. The Labute approximate surface area is 204 Å². The number of anilines is 2. The van der Waals surface area contributed by atoms with Gasteiger partial charge in [-0.25, -0.2) is 0 Å². The van der Waals surface area contributed by atoms with Crippen molar-refractivity contribution in [1.29, 1.82) is 0 Å². The van der Waals surface area contributed by atoms with Crippen LogP contribution in [-0.2, 0) is 4.79 Å². The number of hydrogen-bond donors (Lipinski definition) is 1. The van der Waals surface area contributed by atoms with Crippen molar-refractivity contribution in [2.75, 3.05) is 35.1 Å². The van der Waals surface area contributed by atoms with Gasteiger partial charge in [0.2, 0.25) is 0 Å². The summed E-state index contributed by atoms with van der Waals surface area (Å²) in [6.07, 6.45) is 2.39. The standard InChI is InChI=1S/C27H27Cl2N3O/c1-17-5-10-20-22(30-17)12-11-21-25(26-23(31-27(20)21)3-2-4-24(26)33)18-6-8-19(9-7-18)32(15-13-28)16-14-29/h5-12,25,31H,2-4,13-16H2,1H3. The predicted octanol–water partition coefficient (Wildman–Crippen LogP) is 6.39. The number of nitrogens with zero attached hydrogens (tertiary/aromatic N) is 2. The number of aromatic nitrogens is 1. The number of fused-ring (bicyclic) bond motifs is 3. The largest absolute Gasteiger partial charge is 0.369 e. The van der Waals surface area contributed by atoms with Crippen molar-refractivity contribution in [1.82, 2.24) is 4.98 Å². The van der Waals surface area contributed by atoms with E-state index in [4.69, 9.17) is 28.2 Å². The third-order valence-corrected chi connectivity index (χ3v) is 7.01. The van der Waals surface area contributed by atoms with E-state index >= 15 is 0 Å². The van der Waals surface area contributed by atoms with Crippen LogP contribution in [0.1, 0.15) is 42.0 Å². The van der Waals surface area contributed by atoms with Gasteiger partial charge in [-0.15, -0.1) is 23.2 Å². The Morgan fingerprint density at radius 2 is 1.76 bits per heavy atom. The van der Waals surface area contributed by atoms with Gasteiger partial charge in [-0.1, -0.05) is 18.2 Å². The SMILES string of the molecule is Cc1ccc2c3c(ccc2n1)C(c1ccc(N(CCCl)CCCl)cc1)C1=C(CCCC1=O)N3. The van der Waals surface area contributed by atoms with Gasteiger partial charge in [-0.05, 0) is 61.2 Å². The van der Waals surface area contributed by atoms with Gasteiger partial charge in [0.05, 0.1) is 11.2 Å². The molecule has 4 nitrogen and oxygen atoms in total. The molecule has 6 heteroatoms. The normalized spacial score (nSPS) is 17.5. The third kappa shape index (κ3) is 4.11. The first-order valence-corrected chi connectivity index (χ1v) is 12.6. The number of halogens is 2. The van der Waals surface area contributed by atoms with Crippen molar-refractivity contribution in [2.45, 2.75) is 32.1 Å². The summed E-state index contributed by atoms with van der Waals surface area (Å²) in [6.45, 7) is 3.50. The molecule has 170 valence electrons. The first-order valence-electron chi connectivity index (χ1n) is 11.5. The molecule has 0 bridgehead atoms. The van der Waals surface area contributed by atoms with Gasteiger partial charge in [0.15, 0.2) is 5.78 Å². The van der Waals surface area contributed by atoms with Gasteiger partial charge in [-0.3, -0.25) is 9.78 Å². The molecule has 0 saturated heterocycles. The highest BCUT2D eigenvalue weighted by Crippen LogP contribution is 2.47. The number of nitrogens with one attached hydrogen (secondary N) is 1. The number of ketones is 1. The van der Waals surface area contributed by atoms with E-state index < -0.39 is 0 Å². The summed E-state index contributed by atoms with van der Waals surface area (Å²) in [6, 6.07) is 16.9. The minimum absolute atomic E-state index is 0.0849. The van der Waals surface area contributed by atoms with Gasteiger partial charge in [0.25, 0.3) is 0 Å². The molecule has 2 aliphatic rings. The lowest BCUT2D eigenvalue weighted by atomic mass is 9.75. The zero-order chi connectivity index (χ0) is 22.9. The number of carbonyl (C=O) groups is 1. The molecular weight excluding hydrogens is 453 g/mol. The van der Waals surface area contributed by atoms with Crippen molar-refractivity contribution >= 4 is 51.3 Å². The summed E-state index contributed by atoms with van der Waals surface area (Å²) in [5.41, 5.74) is 8.38. The lowest BCUT2D eigenvalue weighted by Crippen LogP contribution is -2.28. The molecule has 1 unspecified atom stereocenters. The smallest absolute Gasteiger partial charge is 0.161 e. The number of carbonyl (C=O) groups excluding carboxylic acids is 1. The molecular formula is C27H27Cl2N3O. The number of alkyl halides is 2. The van der Waals surface area contributed by atoms with Crippen LogP contribution in [0, 0.1) is 6.92 Å². The molecule has 1 atom stereocenters. The summed E-state index contributed by atoms with van der Waals surface area (Å²) in [5, 5.41) is 4.73. The number of hydrogen-bond acceptors (Lipinski definition) is 4. The molecule has 3 aromatic rings. The maximum atomic E-state index is 13.1. The fourth-order valence-electron chi connectivity index (χ4n) is 5.14. The number of rotatable bonds is 6. The average molecular weight is 480 g/mol. The zero-order valence-corrected chi connectivity index (χ0v) is 20.2. The zero-order valence-electron chi connectivity index (χ0n) is 18.7. The summed E-state index contributed by atoms with van der Waals surface area (Å²) in [5.74, 6) is 1.26. The Morgan fingerprint density at radius 1 is 1.00 bits per heavy atom. The fourth-order valence-corrected chi connectivity index (χ4v) is 5.54. The van der Waals surface area contributed by atoms with Crippen molar-refractivity contribution in [2.24, 2.45) is 0 Å². The lowest BCUT2D eigenvalue weighted by Gasteiger charge is -2.35. The first-order chi connectivity index (χ1) is 16.1. The molecule has 1 aliphatic carbocycles. The number of benzene rings is 2. The molecule has 5 rings (SSSR count). The molecule has 0 spiro atoms. The van der Waals surface area contributed by atoms with Crippen LogP contribution >= 0.6 is 23.2 Å². The lowest BCUT2D eigenvalue weighted by molar-refractivity contribution is -0.116. The molecule has 1 aromatic heterocycles. The maximum Gasteiger partial charge on any atom is 0.161 e. The fraction of sp³-hybridized carbons (Fsp3) is 0.333. The Hall–Kier alpha value is -2.56. The second-order valence-corrected chi connectivity index (χ2v) is 9.49. The van der Waals surface area contributed by atoms with Crippen molar-refractivity contribution < 1.29 is 4.79 Å². The monoisotopic (exact) mass is 479 g/mol. The molecule has 0 fully saturated rings. The van der Waals surface area contributed by atoms with E-state index in [1.165, 1.54) is 0 Å². The molecule has 2 heterocycles. The first kappa shape index (κ1) is 22.2. The van der Waals surface area contributed by atoms with Crippen molar-refractivity contribution in [3.05, 3.63) is 76.6 Å². The highest BCUT2D eigenvalue weighted by Gasteiger charge is 2.35. The number of allylic oxidation sites excluding steroid dienone is 2. The van der Waals surface area contributed by atoms with Crippen molar-refractivity contribution in [3.63, 3.8) is 0 Å². The average Bonchev–Trinajstić information content (AvgIpc) is 2.82. The Kier molecular flexibility index (Phi) is 6.31. The van der Waals surface area contributed by atoms with Crippen LogP contribution < -0.4 is 10.2 Å². The summed E-state index contributed by atoms with van der Waals surface area (Å²) < 4.78 is 0. The van der Waals surface area contributed by atoms with Crippen LogP contribution in [0.15, 0.2) is 59.8 Å². The van der Waals surface area contributed by atoms with E-state index in [-0.39, 0.29) is 11.7 Å². The molecule has 33 heavy (non-hydrogen) atoms. The maximum absolute atomic E-state index is 13.1. The number of Topliss-reactive ketones (excluding diaryl/α,β-unsaturated/α-hetero) is 1. The molecule has 1 N–H and O–H groups in total. The van der Waals surface area contributed by atoms with Crippen molar-refractivity contribution in [3.8, 4) is 0 Å². The Bertz CT molecular complexity index is 1230. The van der Waals surface area contributed by atoms with E-state index in [0.717, 1.165) is 76.3 Å². The molecule has 0 amide bonds. The molecule has 0 radical (unpaired) electrons. The van der Waals surface area contributed by atoms with Crippen LogP contribution in [0.4, 0.5) is 11.4 Å². The van der Waals surface area contributed by atoms with Crippen LogP contribution in [0.5, 0.6) is 0 Å². The second kappa shape index (κ2) is 9.36. The topological polar surface area (TPSA) is 45.2 Å².